The molecule has 1 aromatic carbocycles. The van der Waals surface area contributed by atoms with E-state index in [9.17, 15) is 4.79 Å². The van der Waals surface area contributed by atoms with Gasteiger partial charge in [0, 0.05) is 17.6 Å². The summed E-state index contributed by atoms with van der Waals surface area (Å²) in [6, 6.07) is 7.95. The van der Waals surface area contributed by atoms with Gasteiger partial charge in [0.05, 0.1) is 22.9 Å². The van der Waals surface area contributed by atoms with Crippen molar-refractivity contribution in [2.24, 2.45) is 4.99 Å². The third kappa shape index (κ3) is 2.74. The standard InChI is InChI=1S/C17H16N4OS2/c1-10-15(24-11(2)19-10)16(22)20-13-5-3-12(4-6-13)14-9-23-17-18-7-8-21(14)17/h3-6,9H,7-8H2,1-2H3,(H,20,22). The number of hydrogen-bond acceptors (Lipinski definition) is 6. The molecule has 0 saturated heterocycles. The molecule has 2 aliphatic heterocycles. The summed E-state index contributed by atoms with van der Waals surface area (Å²) in [5.41, 5.74) is 3.89. The molecule has 0 fully saturated rings. The number of hydrogen-bond donors (Lipinski definition) is 1. The van der Waals surface area contributed by atoms with E-state index in [4.69, 9.17) is 0 Å². The van der Waals surface area contributed by atoms with E-state index in [-0.39, 0.29) is 5.91 Å². The van der Waals surface area contributed by atoms with Gasteiger partial charge in [-0.2, -0.15) is 0 Å². The number of benzene rings is 1. The molecule has 3 heterocycles. The molecule has 4 rings (SSSR count). The number of rotatable bonds is 3. The topological polar surface area (TPSA) is 57.6 Å². The van der Waals surface area contributed by atoms with Crippen molar-refractivity contribution in [1.82, 2.24) is 9.88 Å². The van der Waals surface area contributed by atoms with Gasteiger partial charge in [-0.25, -0.2) is 4.98 Å². The van der Waals surface area contributed by atoms with Gasteiger partial charge in [-0.3, -0.25) is 9.79 Å². The largest absolute Gasteiger partial charge is 0.321 e. The second kappa shape index (κ2) is 6.07. The molecule has 0 aliphatic carbocycles. The van der Waals surface area contributed by atoms with Gasteiger partial charge in [0.15, 0.2) is 5.17 Å². The van der Waals surface area contributed by atoms with Gasteiger partial charge < -0.3 is 10.2 Å². The molecule has 0 saturated carbocycles. The van der Waals surface area contributed by atoms with Crippen LogP contribution in [0.2, 0.25) is 0 Å². The van der Waals surface area contributed by atoms with Crippen LogP contribution in [0.1, 0.15) is 25.9 Å². The van der Waals surface area contributed by atoms with Gasteiger partial charge >= 0.3 is 0 Å². The number of nitrogens with zero attached hydrogens (tertiary/aromatic N) is 3. The lowest BCUT2D eigenvalue weighted by molar-refractivity contribution is 0.103. The fraction of sp³-hybridized carbons (Fsp3) is 0.235. The Morgan fingerprint density at radius 2 is 2.04 bits per heavy atom. The maximum atomic E-state index is 12.4. The van der Waals surface area contributed by atoms with Crippen LogP contribution in [0.3, 0.4) is 0 Å². The number of thioether (sulfide) groups is 1. The number of carbonyl (C=O) groups excluding carboxylic acids is 1. The first-order chi connectivity index (χ1) is 11.6. The molecule has 24 heavy (non-hydrogen) atoms. The van der Waals surface area contributed by atoms with Crippen molar-refractivity contribution in [1.29, 1.82) is 0 Å². The molecule has 0 spiro atoms. The SMILES string of the molecule is Cc1nc(C)c(C(=O)Nc2ccc(C3=CSC4=NCCN34)cc2)s1. The molecular weight excluding hydrogens is 340 g/mol. The lowest BCUT2D eigenvalue weighted by Gasteiger charge is -2.16. The van der Waals surface area contributed by atoms with Crippen molar-refractivity contribution < 1.29 is 4.79 Å². The first-order valence-corrected chi connectivity index (χ1v) is 9.36. The molecule has 1 N–H and O–H groups in total. The third-order valence-corrected chi connectivity index (χ3v) is 5.89. The summed E-state index contributed by atoms with van der Waals surface area (Å²) in [4.78, 5) is 24.0. The van der Waals surface area contributed by atoms with Crippen molar-refractivity contribution in [2.75, 3.05) is 18.4 Å². The summed E-state index contributed by atoms with van der Waals surface area (Å²) in [5, 5.41) is 7.07. The summed E-state index contributed by atoms with van der Waals surface area (Å²) >= 11 is 3.09. The average Bonchev–Trinajstić information content (AvgIpc) is 3.23. The Morgan fingerprint density at radius 1 is 1.25 bits per heavy atom. The second-order valence-corrected chi connectivity index (χ2v) is 7.66. The first kappa shape index (κ1) is 15.4. The second-order valence-electron chi connectivity index (χ2n) is 5.62. The highest BCUT2D eigenvalue weighted by atomic mass is 32.2. The number of fused-ring (bicyclic) bond motifs is 1. The van der Waals surface area contributed by atoms with Crippen LogP contribution in [0.4, 0.5) is 5.69 Å². The zero-order valence-corrected chi connectivity index (χ0v) is 15.0. The fourth-order valence-electron chi connectivity index (χ4n) is 2.80. The first-order valence-electron chi connectivity index (χ1n) is 7.66. The molecular formula is C17H16N4OS2. The maximum Gasteiger partial charge on any atom is 0.267 e. The Hall–Kier alpha value is -2.12. The van der Waals surface area contributed by atoms with E-state index in [0.29, 0.717) is 4.88 Å². The molecule has 7 heteroatoms. The smallest absolute Gasteiger partial charge is 0.267 e. The zero-order valence-electron chi connectivity index (χ0n) is 13.4. The lowest BCUT2D eigenvalue weighted by Crippen LogP contribution is -2.19. The van der Waals surface area contributed by atoms with Crippen molar-refractivity contribution in [3.05, 3.63) is 50.8 Å². The van der Waals surface area contributed by atoms with E-state index in [1.165, 1.54) is 17.0 Å². The number of aliphatic imine (C=N–C) groups is 1. The Morgan fingerprint density at radius 3 is 2.75 bits per heavy atom. The fourth-order valence-corrected chi connectivity index (χ4v) is 4.58. The molecule has 0 atom stereocenters. The summed E-state index contributed by atoms with van der Waals surface area (Å²) in [6.07, 6.45) is 0. The number of aryl methyl sites for hydroxylation is 2. The Labute approximate surface area is 148 Å². The van der Waals surface area contributed by atoms with Crippen LogP contribution in [0.5, 0.6) is 0 Å². The minimum absolute atomic E-state index is 0.101. The van der Waals surface area contributed by atoms with Gasteiger partial charge in [-0.05, 0) is 31.5 Å². The van der Waals surface area contributed by atoms with Crippen LogP contribution in [0.15, 0.2) is 34.7 Å². The molecule has 2 aliphatic rings. The highest BCUT2D eigenvalue weighted by Gasteiger charge is 2.26. The summed E-state index contributed by atoms with van der Waals surface area (Å²) < 4.78 is 0. The monoisotopic (exact) mass is 356 g/mol. The van der Waals surface area contributed by atoms with Crippen LogP contribution in [0.25, 0.3) is 5.70 Å². The molecule has 0 bridgehead atoms. The van der Waals surface area contributed by atoms with Crippen molar-refractivity contribution in [3.8, 4) is 0 Å². The van der Waals surface area contributed by atoms with Gasteiger partial charge in [-0.15, -0.1) is 11.3 Å². The number of thiazole rings is 1. The van der Waals surface area contributed by atoms with Crippen LogP contribution >= 0.6 is 23.1 Å². The molecule has 122 valence electrons. The number of aromatic nitrogens is 1. The van der Waals surface area contributed by atoms with Crippen LogP contribution in [-0.4, -0.2) is 34.0 Å². The molecule has 2 aromatic rings. The highest BCUT2D eigenvalue weighted by Crippen LogP contribution is 2.35. The maximum absolute atomic E-state index is 12.4. The van der Waals surface area contributed by atoms with Gasteiger partial charge in [0.2, 0.25) is 0 Å². The van der Waals surface area contributed by atoms with E-state index in [2.05, 4.69) is 25.6 Å². The Bertz CT molecular complexity index is 867. The van der Waals surface area contributed by atoms with E-state index >= 15 is 0 Å². The quantitative estimate of drug-likeness (QED) is 0.910. The normalized spacial score (nSPS) is 16.0. The Kier molecular flexibility index (Phi) is 3.90. The molecule has 0 radical (unpaired) electrons. The van der Waals surface area contributed by atoms with E-state index in [1.807, 2.05) is 38.1 Å². The minimum atomic E-state index is -0.101. The van der Waals surface area contributed by atoms with Crippen molar-refractivity contribution >= 4 is 45.6 Å². The average molecular weight is 356 g/mol. The predicted molar refractivity (Wildman–Crippen MR) is 101 cm³/mol. The van der Waals surface area contributed by atoms with Gasteiger partial charge in [0.1, 0.15) is 4.88 Å². The zero-order chi connectivity index (χ0) is 16.7. The van der Waals surface area contributed by atoms with Gasteiger partial charge in [0.25, 0.3) is 5.91 Å². The molecule has 5 nitrogen and oxygen atoms in total. The molecule has 1 aromatic heterocycles. The van der Waals surface area contributed by atoms with Crippen LogP contribution in [-0.2, 0) is 0 Å². The van der Waals surface area contributed by atoms with E-state index in [0.717, 1.165) is 40.2 Å². The minimum Gasteiger partial charge on any atom is -0.321 e. The van der Waals surface area contributed by atoms with Crippen LogP contribution < -0.4 is 5.32 Å². The van der Waals surface area contributed by atoms with Crippen molar-refractivity contribution in [2.45, 2.75) is 13.8 Å². The molecule has 0 unspecified atom stereocenters. The number of amides is 1. The highest BCUT2D eigenvalue weighted by molar-refractivity contribution is 8.16. The van der Waals surface area contributed by atoms with E-state index < -0.39 is 0 Å². The molecule has 1 amide bonds. The Balaban J connectivity index is 1.49. The van der Waals surface area contributed by atoms with Crippen molar-refractivity contribution in [3.63, 3.8) is 0 Å². The lowest BCUT2D eigenvalue weighted by atomic mass is 10.1. The number of nitrogens with one attached hydrogen (secondary N) is 1. The third-order valence-electron chi connectivity index (χ3n) is 3.92. The van der Waals surface area contributed by atoms with E-state index in [1.54, 1.807) is 11.8 Å². The summed E-state index contributed by atoms with van der Waals surface area (Å²) in [7, 11) is 0. The number of amidine groups is 1. The van der Waals surface area contributed by atoms with Gasteiger partial charge in [-0.1, -0.05) is 23.9 Å². The summed E-state index contributed by atoms with van der Waals surface area (Å²) in [5.74, 6) is -0.101. The van der Waals surface area contributed by atoms with Crippen LogP contribution in [0, 0.1) is 13.8 Å². The number of carbonyl (C=O) groups is 1. The number of anilines is 1. The summed E-state index contributed by atoms with van der Waals surface area (Å²) in [6.45, 7) is 5.57. The predicted octanol–water partition coefficient (Wildman–Crippen LogP) is 3.73.